The SMILES string of the molecule is CCC1(CNc2cc3c(cc2N)OCCO3)CC1. The standard InChI is InChI=1S/C14H20N2O2/c1-2-14(3-4-14)9-16-11-8-13-12(7-10(11)15)17-5-6-18-13/h7-8,16H,2-6,9,15H2,1H3. The van der Waals surface area contributed by atoms with E-state index in [1.165, 1.54) is 19.3 Å². The summed E-state index contributed by atoms with van der Waals surface area (Å²) in [7, 11) is 0. The van der Waals surface area contributed by atoms with Crippen LogP contribution >= 0.6 is 0 Å². The Morgan fingerprint density at radius 3 is 2.50 bits per heavy atom. The van der Waals surface area contributed by atoms with Gasteiger partial charge in [0.15, 0.2) is 11.5 Å². The lowest BCUT2D eigenvalue weighted by atomic mass is 10.0. The van der Waals surface area contributed by atoms with Crippen molar-refractivity contribution < 1.29 is 9.47 Å². The van der Waals surface area contributed by atoms with E-state index in [0.29, 0.717) is 18.6 Å². The van der Waals surface area contributed by atoms with Gasteiger partial charge in [-0.25, -0.2) is 0 Å². The van der Waals surface area contributed by atoms with Crippen molar-refractivity contribution >= 4 is 11.4 Å². The lowest BCUT2D eigenvalue weighted by molar-refractivity contribution is 0.172. The van der Waals surface area contributed by atoms with Crippen LogP contribution in [0, 0.1) is 5.41 Å². The molecule has 1 fully saturated rings. The molecular weight excluding hydrogens is 228 g/mol. The van der Waals surface area contributed by atoms with Gasteiger partial charge in [0, 0.05) is 18.7 Å². The first-order valence-corrected chi connectivity index (χ1v) is 6.65. The quantitative estimate of drug-likeness (QED) is 0.804. The Kier molecular flexibility index (Phi) is 2.73. The molecule has 3 N–H and O–H groups in total. The van der Waals surface area contributed by atoms with E-state index in [9.17, 15) is 0 Å². The van der Waals surface area contributed by atoms with E-state index in [4.69, 9.17) is 15.2 Å². The first-order chi connectivity index (χ1) is 8.72. The maximum atomic E-state index is 6.04. The van der Waals surface area contributed by atoms with E-state index in [1.807, 2.05) is 12.1 Å². The maximum Gasteiger partial charge on any atom is 0.163 e. The van der Waals surface area contributed by atoms with Crippen molar-refractivity contribution in [3.63, 3.8) is 0 Å². The molecule has 3 rings (SSSR count). The van der Waals surface area contributed by atoms with Gasteiger partial charge in [0.25, 0.3) is 0 Å². The monoisotopic (exact) mass is 248 g/mol. The molecule has 1 aliphatic heterocycles. The second kappa shape index (κ2) is 4.26. The van der Waals surface area contributed by atoms with E-state index in [2.05, 4.69) is 12.2 Å². The van der Waals surface area contributed by atoms with E-state index in [1.54, 1.807) is 0 Å². The summed E-state index contributed by atoms with van der Waals surface area (Å²) in [6, 6.07) is 3.80. The summed E-state index contributed by atoms with van der Waals surface area (Å²) in [6.07, 6.45) is 3.87. The molecule has 0 unspecified atom stereocenters. The molecular formula is C14H20N2O2. The van der Waals surface area contributed by atoms with E-state index in [0.717, 1.165) is 29.4 Å². The molecule has 0 amide bonds. The van der Waals surface area contributed by atoms with E-state index < -0.39 is 0 Å². The number of nitrogens with two attached hydrogens (primary N) is 1. The summed E-state index contributed by atoms with van der Waals surface area (Å²) in [5.41, 5.74) is 8.22. The van der Waals surface area contributed by atoms with Gasteiger partial charge in [0.05, 0.1) is 11.4 Å². The highest BCUT2D eigenvalue weighted by Crippen LogP contribution is 2.49. The van der Waals surface area contributed by atoms with Gasteiger partial charge in [-0.3, -0.25) is 0 Å². The average Bonchev–Trinajstić information content (AvgIpc) is 3.17. The zero-order valence-corrected chi connectivity index (χ0v) is 10.8. The highest BCUT2D eigenvalue weighted by molar-refractivity contribution is 5.72. The molecule has 2 aliphatic rings. The van der Waals surface area contributed by atoms with Gasteiger partial charge in [-0.2, -0.15) is 0 Å². The number of hydrogen-bond donors (Lipinski definition) is 2. The third kappa shape index (κ3) is 2.07. The van der Waals surface area contributed by atoms with Gasteiger partial charge in [0.1, 0.15) is 13.2 Å². The minimum atomic E-state index is 0.500. The Morgan fingerprint density at radius 2 is 1.89 bits per heavy atom. The Labute approximate surface area is 107 Å². The number of anilines is 2. The van der Waals surface area contributed by atoms with Crippen molar-refractivity contribution in [2.75, 3.05) is 30.8 Å². The topological polar surface area (TPSA) is 56.5 Å². The minimum absolute atomic E-state index is 0.500. The third-order valence-electron chi connectivity index (χ3n) is 4.08. The molecule has 0 spiro atoms. The lowest BCUT2D eigenvalue weighted by Gasteiger charge is -2.21. The van der Waals surface area contributed by atoms with E-state index >= 15 is 0 Å². The number of ether oxygens (including phenoxy) is 2. The smallest absolute Gasteiger partial charge is 0.163 e. The molecule has 1 heterocycles. The highest BCUT2D eigenvalue weighted by Gasteiger charge is 2.40. The molecule has 1 aromatic rings. The van der Waals surface area contributed by atoms with Gasteiger partial charge in [-0.1, -0.05) is 6.92 Å². The summed E-state index contributed by atoms with van der Waals surface area (Å²) >= 11 is 0. The van der Waals surface area contributed by atoms with Crippen LogP contribution in [0.1, 0.15) is 26.2 Å². The Hall–Kier alpha value is -1.58. The molecule has 1 saturated carbocycles. The Balaban J connectivity index is 1.75. The zero-order chi connectivity index (χ0) is 12.6. The maximum absolute atomic E-state index is 6.04. The van der Waals surface area contributed by atoms with Crippen molar-refractivity contribution in [3.05, 3.63) is 12.1 Å². The summed E-state index contributed by atoms with van der Waals surface area (Å²) in [4.78, 5) is 0. The Bertz CT molecular complexity index is 455. The molecule has 4 nitrogen and oxygen atoms in total. The normalized spacial score (nSPS) is 19.4. The van der Waals surface area contributed by atoms with Crippen molar-refractivity contribution in [1.29, 1.82) is 0 Å². The van der Waals surface area contributed by atoms with Crippen molar-refractivity contribution in [2.45, 2.75) is 26.2 Å². The molecule has 0 radical (unpaired) electrons. The van der Waals surface area contributed by atoms with Crippen LogP contribution in [-0.4, -0.2) is 19.8 Å². The van der Waals surface area contributed by atoms with Gasteiger partial charge in [-0.15, -0.1) is 0 Å². The van der Waals surface area contributed by atoms with Crippen LogP contribution in [0.3, 0.4) is 0 Å². The Morgan fingerprint density at radius 1 is 1.22 bits per heavy atom. The fourth-order valence-corrected chi connectivity index (χ4v) is 2.37. The molecule has 0 aromatic heterocycles. The highest BCUT2D eigenvalue weighted by atomic mass is 16.6. The van der Waals surface area contributed by atoms with E-state index in [-0.39, 0.29) is 0 Å². The molecule has 4 heteroatoms. The third-order valence-corrected chi connectivity index (χ3v) is 4.08. The summed E-state index contributed by atoms with van der Waals surface area (Å²) in [6.45, 7) is 4.45. The lowest BCUT2D eigenvalue weighted by Crippen LogP contribution is -2.18. The molecule has 1 aliphatic carbocycles. The summed E-state index contributed by atoms with van der Waals surface area (Å²) < 4.78 is 11.1. The van der Waals surface area contributed by atoms with Crippen LogP contribution in [0.4, 0.5) is 11.4 Å². The first-order valence-electron chi connectivity index (χ1n) is 6.65. The number of benzene rings is 1. The van der Waals surface area contributed by atoms with Crippen molar-refractivity contribution in [3.8, 4) is 11.5 Å². The second-order valence-electron chi connectivity index (χ2n) is 5.29. The number of nitrogens with one attached hydrogen (secondary N) is 1. The number of nitrogen functional groups attached to an aromatic ring is 1. The number of rotatable bonds is 4. The molecule has 0 saturated heterocycles. The van der Waals surface area contributed by atoms with Crippen LogP contribution in [0.15, 0.2) is 12.1 Å². The molecule has 0 atom stereocenters. The summed E-state index contributed by atoms with van der Waals surface area (Å²) in [5, 5.41) is 3.46. The second-order valence-corrected chi connectivity index (χ2v) is 5.29. The summed E-state index contributed by atoms with van der Waals surface area (Å²) in [5.74, 6) is 1.54. The van der Waals surface area contributed by atoms with Crippen LogP contribution in [0.25, 0.3) is 0 Å². The van der Waals surface area contributed by atoms with Crippen LogP contribution in [-0.2, 0) is 0 Å². The van der Waals surface area contributed by atoms with Crippen LogP contribution in [0.2, 0.25) is 0 Å². The van der Waals surface area contributed by atoms with Gasteiger partial charge >= 0.3 is 0 Å². The van der Waals surface area contributed by atoms with Gasteiger partial charge < -0.3 is 20.5 Å². The number of hydrogen-bond acceptors (Lipinski definition) is 4. The number of fused-ring (bicyclic) bond motifs is 1. The largest absolute Gasteiger partial charge is 0.486 e. The predicted molar refractivity (Wildman–Crippen MR) is 72.3 cm³/mol. The van der Waals surface area contributed by atoms with Crippen molar-refractivity contribution in [1.82, 2.24) is 0 Å². The first kappa shape index (κ1) is 11.5. The molecule has 0 bridgehead atoms. The molecule has 1 aromatic carbocycles. The molecule has 18 heavy (non-hydrogen) atoms. The average molecular weight is 248 g/mol. The van der Waals surface area contributed by atoms with Gasteiger partial charge in [0.2, 0.25) is 0 Å². The van der Waals surface area contributed by atoms with Crippen LogP contribution < -0.4 is 20.5 Å². The van der Waals surface area contributed by atoms with Gasteiger partial charge in [-0.05, 0) is 24.7 Å². The molecule has 98 valence electrons. The predicted octanol–water partition coefficient (Wildman–Crippen LogP) is 2.64. The fraction of sp³-hybridized carbons (Fsp3) is 0.571. The van der Waals surface area contributed by atoms with Crippen molar-refractivity contribution in [2.24, 2.45) is 5.41 Å². The fourth-order valence-electron chi connectivity index (χ4n) is 2.37. The van der Waals surface area contributed by atoms with Crippen LogP contribution in [0.5, 0.6) is 11.5 Å². The minimum Gasteiger partial charge on any atom is -0.486 e. The zero-order valence-electron chi connectivity index (χ0n) is 10.8.